The first-order chi connectivity index (χ1) is 16.2. The fraction of sp³-hybridized carbons (Fsp3) is 0.120. The Morgan fingerprint density at radius 3 is 2.55 bits per heavy atom. The maximum absolute atomic E-state index is 13.2. The topological polar surface area (TPSA) is 63.9 Å². The van der Waals surface area contributed by atoms with Gasteiger partial charge in [-0.05, 0) is 42.0 Å². The summed E-state index contributed by atoms with van der Waals surface area (Å²) in [5.41, 5.74) is 2.50. The second-order valence-electron chi connectivity index (χ2n) is 7.09. The van der Waals surface area contributed by atoms with Crippen molar-refractivity contribution < 1.29 is 9.18 Å². The van der Waals surface area contributed by atoms with Gasteiger partial charge in [0, 0.05) is 30.2 Å². The molecule has 4 aromatic rings. The van der Waals surface area contributed by atoms with Gasteiger partial charge < -0.3 is 4.90 Å². The maximum atomic E-state index is 13.2. The molecule has 0 N–H and O–H groups in total. The summed E-state index contributed by atoms with van der Waals surface area (Å²) in [6.07, 6.45) is 8.90. The number of benzene rings is 2. The number of amides is 1. The van der Waals surface area contributed by atoms with Crippen molar-refractivity contribution in [2.24, 2.45) is 0 Å². The van der Waals surface area contributed by atoms with E-state index in [2.05, 4.69) is 21.1 Å². The Morgan fingerprint density at radius 1 is 1.06 bits per heavy atom. The lowest BCUT2D eigenvalue weighted by Gasteiger charge is -2.20. The molecule has 8 heteroatoms. The molecule has 2 aromatic heterocycles. The number of thioether (sulfide) groups is 1. The average Bonchev–Trinajstić information content (AvgIpc) is 3.28. The summed E-state index contributed by atoms with van der Waals surface area (Å²) in [7, 11) is 0. The largest absolute Gasteiger partial charge is 0.327 e. The number of hydrogen-bond acceptors (Lipinski definition) is 5. The standard InChI is InChI=1S/C25H20FN5OS/c1-2-15-30(17-19-10-12-21(26)13-11-19)23(32)18-33-25-29-28-24(20-7-6-14-27-16-20)31(25)22-8-4-3-5-9-22/h1,3-14,16H,15,17-18H2. The number of carbonyl (C=O) groups excluding carboxylic acids is 1. The maximum Gasteiger partial charge on any atom is 0.234 e. The SMILES string of the molecule is C#CCN(Cc1ccc(F)cc1)C(=O)CSc1nnc(-c2cccnc2)n1-c1ccccc1. The molecule has 2 heterocycles. The van der Waals surface area contributed by atoms with Crippen LogP contribution in [0.4, 0.5) is 4.39 Å². The van der Waals surface area contributed by atoms with E-state index in [1.165, 1.54) is 23.9 Å². The first-order valence-corrected chi connectivity index (χ1v) is 11.1. The second kappa shape index (κ2) is 10.6. The van der Waals surface area contributed by atoms with Gasteiger partial charge in [-0.2, -0.15) is 0 Å². The van der Waals surface area contributed by atoms with Gasteiger partial charge in [0.05, 0.1) is 12.3 Å². The van der Waals surface area contributed by atoms with Gasteiger partial charge in [0.2, 0.25) is 5.91 Å². The monoisotopic (exact) mass is 457 g/mol. The van der Waals surface area contributed by atoms with Gasteiger partial charge in [0.25, 0.3) is 0 Å². The number of carbonyl (C=O) groups is 1. The van der Waals surface area contributed by atoms with E-state index in [9.17, 15) is 9.18 Å². The molecule has 0 saturated carbocycles. The number of halogens is 1. The van der Waals surface area contributed by atoms with Crippen molar-refractivity contribution >= 4 is 17.7 Å². The molecule has 0 bridgehead atoms. The van der Waals surface area contributed by atoms with E-state index in [4.69, 9.17) is 6.42 Å². The fourth-order valence-corrected chi connectivity index (χ4v) is 4.08. The molecule has 0 fully saturated rings. The Balaban J connectivity index is 1.56. The van der Waals surface area contributed by atoms with Crippen molar-refractivity contribution in [3.63, 3.8) is 0 Å². The van der Waals surface area contributed by atoms with Gasteiger partial charge in [-0.15, -0.1) is 16.6 Å². The Morgan fingerprint density at radius 2 is 1.85 bits per heavy atom. The molecule has 33 heavy (non-hydrogen) atoms. The predicted molar refractivity (Wildman–Crippen MR) is 126 cm³/mol. The predicted octanol–water partition coefficient (Wildman–Crippen LogP) is 4.22. The number of aromatic nitrogens is 4. The molecule has 4 rings (SSSR count). The second-order valence-corrected chi connectivity index (χ2v) is 8.03. The zero-order valence-corrected chi connectivity index (χ0v) is 18.5. The quantitative estimate of drug-likeness (QED) is 0.293. The van der Waals surface area contributed by atoms with E-state index in [0.717, 1.165) is 16.8 Å². The third-order valence-electron chi connectivity index (χ3n) is 4.81. The Hall–Kier alpha value is -3.96. The molecule has 0 radical (unpaired) electrons. The lowest BCUT2D eigenvalue weighted by Crippen LogP contribution is -2.32. The van der Waals surface area contributed by atoms with Crippen LogP contribution < -0.4 is 0 Å². The summed E-state index contributed by atoms with van der Waals surface area (Å²) in [5.74, 6) is 2.81. The average molecular weight is 458 g/mol. The molecule has 0 spiro atoms. The first kappa shape index (κ1) is 22.2. The van der Waals surface area contributed by atoms with Crippen LogP contribution in [-0.4, -0.2) is 42.9 Å². The molecule has 164 valence electrons. The summed E-state index contributed by atoms with van der Waals surface area (Å²) < 4.78 is 15.1. The van der Waals surface area contributed by atoms with Gasteiger partial charge in [-0.1, -0.05) is 48.0 Å². The van der Waals surface area contributed by atoms with Crippen molar-refractivity contribution in [1.82, 2.24) is 24.6 Å². The van der Waals surface area contributed by atoms with Crippen molar-refractivity contribution in [2.45, 2.75) is 11.7 Å². The summed E-state index contributed by atoms with van der Waals surface area (Å²) in [6, 6.07) is 19.5. The third-order valence-corrected chi connectivity index (χ3v) is 5.73. The van der Waals surface area contributed by atoms with Crippen LogP contribution in [0.15, 0.2) is 84.3 Å². The molecule has 0 atom stereocenters. The van der Waals surface area contributed by atoms with Gasteiger partial charge >= 0.3 is 0 Å². The summed E-state index contributed by atoms with van der Waals surface area (Å²) in [4.78, 5) is 18.7. The first-order valence-electron chi connectivity index (χ1n) is 10.2. The van der Waals surface area contributed by atoms with Gasteiger partial charge in [-0.25, -0.2) is 4.39 Å². The Bertz CT molecular complexity index is 1250. The molecule has 2 aromatic carbocycles. The molecule has 1 amide bonds. The van der Waals surface area contributed by atoms with Crippen molar-refractivity contribution in [3.8, 4) is 29.4 Å². The zero-order chi connectivity index (χ0) is 23.0. The summed E-state index contributed by atoms with van der Waals surface area (Å²) in [6.45, 7) is 0.458. The van der Waals surface area contributed by atoms with E-state index in [1.807, 2.05) is 47.0 Å². The minimum atomic E-state index is -0.325. The normalized spacial score (nSPS) is 10.5. The molecule has 0 aliphatic rings. The molecule has 6 nitrogen and oxygen atoms in total. The van der Waals surface area contributed by atoms with Crippen LogP contribution in [-0.2, 0) is 11.3 Å². The van der Waals surface area contributed by atoms with Gasteiger partial charge in [0.15, 0.2) is 11.0 Å². The zero-order valence-electron chi connectivity index (χ0n) is 17.6. The van der Waals surface area contributed by atoms with Crippen LogP contribution in [0.2, 0.25) is 0 Å². The fourth-order valence-electron chi connectivity index (χ4n) is 3.23. The Labute approximate surface area is 195 Å². The lowest BCUT2D eigenvalue weighted by molar-refractivity contribution is -0.128. The van der Waals surface area contributed by atoms with E-state index >= 15 is 0 Å². The van der Waals surface area contributed by atoms with Crippen molar-refractivity contribution in [2.75, 3.05) is 12.3 Å². The highest BCUT2D eigenvalue weighted by Gasteiger charge is 2.19. The number of pyridine rings is 1. The number of hydrogen-bond donors (Lipinski definition) is 0. The number of nitrogens with zero attached hydrogens (tertiary/aromatic N) is 5. The summed E-state index contributed by atoms with van der Waals surface area (Å²) in [5, 5.41) is 9.27. The minimum absolute atomic E-state index is 0.126. The summed E-state index contributed by atoms with van der Waals surface area (Å²) >= 11 is 1.28. The molecule has 0 aliphatic carbocycles. The van der Waals surface area contributed by atoms with E-state index < -0.39 is 0 Å². The van der Waals surface area contributed by atoms with Crippen LogP contribution in [0.3, 0.4) is 0 Å². The number of terminal acetylenes is 1. The molecule has 0 unspecified atom stereocenters. The van der Waals surface area contributed by atoms with Crippen LogP contribution >= 0.6 is 11.8 Å². The smallest absolute Gasteiger partial charge is 0.234 e. The minimum Gasteiger partial charge on any atom is -0.327 e. The van der Waals surface area contributed by atoms with Crippen LogP contribution in [0.1, 0.15) is 5.56 Å². The molecule has 0 aliphatic heterocycles. The number of rotatable bonds is 8. The highest BCUT2D eigenvalue weighted by molar-refractivity contribution is 7.99. The third kappa shape index (κ3) is 5.45. The van der Waals surface area contributed by atoms with Crippen molar-refractivity contribution in [3.05, 3.63) is 90.5 Å². The molecular weight excluding hydrogens is 437 g/mol. The van der Waals surface area contributed by atoms with Crippen LogP contribution in [0.25, 0.3) is 17.1 Å². The van der Waals surface area contributed by atoms with E-state index in [0.29, 0.717) is 17.5 Å². The van der Waals surface area contributed by atoms with Crippen molar-refractivity contribution in [1.29, 1.82) is 0 Å². The van der Waals surface area contributed by atoms with Crippen LogP contribution in [0.5, 0.6) is 0 Å². The highest BCUT2D eigenvalue weighted by atomic mass is 32.2. The van der Waals surface area contributed by atoms with Gasteiger partial charge in [0.1, 0.15) is 5.82 Å². The number of para-hydroxylation sites is 1. The molecular formula is C25H20FN5OS. The Kier molecular flexibility index (Phi) is 7.12. The van der Waals surface area contributed by atoms with Crippen LogP contribution in [0, 0.1) is 18.2 Å². The van der Waals surface area contributed by atoms with Gasteiger partial charge in [-0.3, -0.25) is 14.3 Å². The molecule has 0 saturated heterocycles. The van der Waals surface area contributed by atoms with E-state index in [-0.39, 0.29) is 24.0 Å². The lowest BCUT2D eigenvalue weighted by atomic mass is 10.2. The van der Waals surface area contributed by atoms with E-state index in [1.54, 1.807) is 29.4 Å². The highest BCUT2D eigenvalue weighted by Crippen LogP contribution is 2.27.